The van der Waals surface area contributed by atoms with E-state index >= 15 is 0 Å². The van der Waals surface area contributed by atoms with Crippen LogP contribution in [0, 0.1) is 25.2 Å². The van der Waals surface area contributed by atoms with Crippen LogP contribution in [0.25, 0.3) is 11.1 Å². The molecule has 1 spiro atoms. The summed E-state index contributed by atoms with van der Waals surface area (Å²) in [5, 5.41) is 22.9. The minimum Gasteiger partial charge on any atom is -0.493 e. The Morgan fingerprint density at radius 2 is 1.77 bits per heavy atom. The number of likely N-dealkylation sites (tertiary alicyclic amines) is 2. The largest absolute Gasteiger partial charge is 0.493 e. The van der Waals surface area contributed by atoms with Crippen molar-refractivity contribution in [3.05, 3.63) is 105 Å². The van der Waals surface area contributed by atoms with Gasteiger partial charge in [0.25, 0.3) is 0 Å². The molecule has 7 rings (SSSR count). The molecule has 4 heterocycles. The third kappa shape index (κ3) is 9.53. The fourth-order valence-corrected chi connectivity index (χ4v) is 8.70. The van der Waals surface area contributed by atoms with E-state index in [1.165, 1.54) is 6.20 Å². The van der Waals surface area contributed by atoms with Gasteiger partial charge >= 0.3 is 5.97 Å². The first-order valence-corrected chi connectivity index (χ1v) is 20.2. The number of benzene rings is 3. The maximum absolute atomic E-state index is 12.1. The number of nitrogens with zero attached hydrogens (tertiary/aromatic N) is 4. The van der Waals surface area contributed by atoms with Gasteiger partial charge in [0.05, 0.1) is 22.7 Å². The monoisotopic (exact) mass is 791 g/mol. The van der Waals surface area contributed by atoms with Crippen LogP contribution in [0.15, 0.2) is 67.0 Å². The Kier molecular flexibility index (Phi) is 12.6. The molecule has 3 aromatic carbocycles. The van der Waals surface area contributed by atoms with E-state index in [4.69, 9.17) is 25.8 Å². The van der Waals surface area contributed by atoms with Gasteiger partial charge in [-0.3, -0.25) is 19.5 Å². The predicted molar refractivity (Wildman–Crippen MR) is 217 cm³/mol. The number of amides is 1. The molecule has 11 nitrogen and oxygen atoms in total. The van der Waals surface area contributed by atoms with Crippen LogP contribution >= 0.6 is 11.6 Å². The Morgan fingerprint density at radius 3 is 2.56 bits per heavy atom. The van der Waals surface area contributed by atoms with Crippen LogP contribution in [0.2, 0.25) is 5.02 Å². The Bertz CT molecular complexity index is 2160. The number of hydrogen-bond donors (Lipinski definition) is 2. The lowest BCUT2D eigenvalue weighted by Gasteiger charge is -2.33. The van der Waals surface area contributed by atoms with Crippen molar-refractivity contribution in [3.8, 4) is 34.4 Å². The van der Waals surface area contributed by atoms with Gasteiger partial charge in [-0.05, 0) is 98.5 Å². The van der Waals surface area contributed by atoms with E-state index < -0.39 is 12.0 Å². The number of nitriles is 1. The van der Waals surface area contributed by atoms with Crippen molar-refractivity contribution in [2.24, 2.45) is 0 Å². The van der Waals surface area contributed by atoms with Gasteiger partial charge in [0.1, 0.15) is 42.6 Å². The number of nitrogens with one attached hydrogen (secondary N) is 1. The Hall–Kier alpha value is -5.15. The number of carbonyl (C=O) groups excluding carboxylic acids is 1. The van der Waals surface area contributed by atoms with Crippen LogP contribution in [-0.4, -0.2) is 76.1 Å². The van der Waals surface area contributed by atoms with E-state index in [0.717, 1.165) is 96.4 Å². The molecule has 1 aromatic heterocycles. The standard InChI is InChI=1S/C45H50ClN5O6/c1-30-34(8-5-9-36(30)37-10-6-12-40(31(37)2)55-19-7-16-50-18-15-45(29-50)14-13-43(52)49-45)28-57-42-22-41(56-27-33-20-32(23-47)24-48-25-33)35(21-38(42)46)26-51-17-4-3-11-39(51)44(53)54/h5-6,8-10,12,20-22,24-25,39H,3-4,7,11,13-19,26-29H2,1-2H3,(H,49,52)(H,53,54)/t39-,45?/m0/s1. The summed E-state index contributed by atoms with van der Waals surface area (Å²) in [4.78, 5) is 32.5. The summed E-state index contributed by atoms with van der Waals surface area (Å²) in [5.41, 5.74) is 7.23. The number of aliphatic carboxylic acids is 1. The van der Waals surface area contributed by atoms with Gasteiger partial charge in [0, 0.05) is 62.2 Å². The van der Waals surface area contributed by atoms with Gasteiger partial charge < -0.3 is 29.5 Å². The van der Waals surface area contributed by atoms with E-state index in [9.17, 15) is 20.0 Å². The van der Waals surface area contributed by atoms with Gasteiger partial charge in [-0.25, -0.2) is 0 Å². The third-order valence-corrected chi connectivity index (χ3v) is 11.9. The zero-order valence-electron chi connectivity index (χ0n) is 32.7. The third-order valence-electron chi connectivity index (χ3n) is 11.7. The summed E-state index contributed by atoms with van der Waals surface area (Å²) >= 11 is 6.88. The second-order valence-electron chi connectivity index (χ2n) is 15.6. The molecule has 1 unspecified atom stereocenters. The van der Waals surface area contributed by atoms with E-state index in [-0.39, 0.29) is 24.7 Å². The van der Waals surface area contributed by atoms with Crippen molar-refractivity contribution >= 4 is 23.5 Å². The number of piperidine rings is 1. The second-order valence-corrected chi connectivity index (χ2v) is 16.0. The van der Waals surface area contributed by atoms with Crippen molar-refractivity contribution < 1.29 is 28.9 Å². The number of rotatable bonds is 15. The van der Waals surface area contributed by atoms with Crippen LogP contribution < -0.4 is 19.5 Å². The lowest BCUT2D eigenvalue weighted by molar-refractivity contribution is -0.144. The lowest BCUT2D eigenvalue weighted by Crippen LogP contribution is -2.44. The number of hydrogen-bond acceptors (Lipinski definition) is 9. The van der Waals surface area contributed by atoms with Crippen molar-refractivity contribution in [2.45, 2.75) is 90.1 Å². The fourth-order valence-electron chi connectivity index (χ4n) is 8.46. The molecule has 2 atom stereocenters. The van der Waals surface area contributed by atoms with Crippen LogP contribution in [0.1, 0.15) is 78.3 Å². The minimum absolute atomic E-state index is 0.0260. The molecular formula is C45H50ClN5O6. The SMILES string of the molecule is Cc1c(COc2cc(OCc3cncc(C#N)c3)c(CN3CCCC[C@H]3C(=O)O)cc2Cl)cccc1-c1cccc(OCCCN2CCC3(CCC(=O)N3)C2)c1C. The van der Waals surface area contributed by atoms with E-state index in [2.05, 4.69) is 47.3 Å². The lowest BCUT2D eigenvalue weighted by atomic mass is 9.93. The molecule has 298 valence electrons. The van der Waals surface area contributed by atoms with Crippen molar-refractivity contribution in [2.75, 3.05) is 32.8 Å². The van der Waals surface area contributed by atoms with Crippen LogP contribution in [0.5, 0.6) is 17.2 Å². The summed E-state index contributed by atoms with van der Waals surface area (Å²) in [5.74, 6) is 1.18. The number of carboxylic acid groups (broad SMARTS) is 1. The van der Waals surface area contributed by atoms with Gasteiger partial charge in [-0.15, -0.1) is 0 Å². The zero-order valence-corrected chi connectivity index (χ0v) is 33.4. The highest BCUT2D eigenvalue weighted by Crippen LogP contribution is 2.38. The quantitative estimate of drug-likeness (QED) is 0.116. The summed E-state index contributed by atoms with van der Waals surface area (Å²) < 4.78 is 19.1. The average molecular weight is 792 g/mol. The first-order valence-electron chi connectivity index (χ1n) is 19.8. The normalized spacial score (nSPS) is 19.7. The van der Waals surface area contributed by atoms with Crippen molar-refractivity contribution in [3.63, 3.8) is 0 Å². The predicted octanol–water partition coefficient (Wildman–Crippen LogP) is 7.61. The second kappa shape index (κ2) is 18.0. The van der Waals surface area contributed by atoms with Crippen molar-refractivity contribution in [1.82, 2.24) is 20.1 Å². The highest BCUT2D eigenvalue weighted by atomic mass is 35.5. The number of pyridine rings is 1. The summed E-state index contributed by atoms with van der Waals surface area (Å²) in [6, 6.07) is 19.2. The maximum atomic E-state index is 12.1. The summed E-state index contributed by atoms with van der Waals surface area (Å²) in [6.07, 6.45) is 9.03. The molecule has 2 N–H and O–H groups in total. The van der Waals surface area contributed by atoms with E-state index in [1.807, 2.05) is 29.2 Å². The molecule has 3 fully saturated rings. The number of aromatic nitrogens is 1. The Morgan fingerprint density at radius 1 is 0.965 bits per heavy atom. The molecule has 0 bridgehead atoms. The van der Waals surface area contributed by atoms with E-state index in [0.29, 0.717) is 54.6 Å². The molecule has 0 radical (unpaired) electrons. The summed E-state index contributed by atoms with van der Waals surface area (Å²) in [7, 11) is 0. The number of ether oxygens (including phenoxy) is 3. The minimum atomic E-state index is -0.835. The average Bonchev–Trinajstić information content (AvgIpc) is 3.79. The number of carboxylic acids is 1. The number of carbonyl (C=O) groups is 2. The Balaban J connectivity index is 1.03. The van der Waals surface area contributed by atoms with Crippen molar-refractivity contribution in [1.29, 1.82) is 5.26 Å². The van der Waals surface area contributed by atoms with Gasteiger partial charge in [-0.1, -0.05) is 48.4 Å². The number of halogens is 1. The Labute approximate surface area is 339 Å². The van der Waals surface area contributed by atoms with E-state index in [1.54, 1.807) is 24.4 Å². The molecule has 3 saturated heterocycles. The molecule has 1 amide bonds. The topological polar surface area (TPSA) is 137 Å². The zero-order chi connectivity index (χ0) is 39.9. The summed E-state index contributed by atoms with van der Waals surface area (Å²) in [6.45, 7) is 9.09. The molecule has 0 aliphatic carbocycles. The molecule has 57 heavy (non-hydrogen) atoms. The first-order chi connectivity index (χ1) is 27.6. The molecular weight excluding hydrogens is 742 g/mol. The van der Waals surface area contributed by atoms with Gasteiger partial charge in [0.2, 0.25) is 5.91 Å². The highest BCUT2D eigenvalue weighted by Gasteiger charge is 2.42. The maximum Gasteiger partial charge on any atom is 0.320 e. The molecule has 0 saturated carbocycles. The van der Waals surface area contributed by atoms with Crippen LogP contribution in [-0.2, 0) is 29.3 Å². The smallest absolute Gasteiger partial charge is 0.320 e. The highest BCUT2D eigenvalue weighted by molar-refractivity contribution is 6.32. The first kappa shape index (κ1) is 40.1. The molecule has 12 heteroatoms. The van der Waals surface area contributed by atoms with Crippen LogP contribution in [0.3, 0.4) is 0 Å². The molecule has 4 aromatic rings. The van der Waals surface area contributed by atoms with Gasteiger partial charge in [0.15, 0.2) is 0 Å². The fraction of sp³-hybridized carbons (Fsp3) is 0.422. The molecule has 3 aliphatic rings. The van der Waals surface area contributed by atoms with Gasteiger partial charge in [-0.2, -0.15) is 5.26 Å². The van der Waals surface area contributed by atoms with Crippen LogP contribution in [0.4, 0.5) is 0 Å². The molecule has 3 aliphatic heterocycles.